The van der Waals surface area contributed by atoms with E-state index in [0.29, 0.717) is 11.6 Å². The molecule has 25 heavy (non-hydrogen) atoms. The predicted octanol–water partition coefficient (Wildman–Crippen LogP) is -0.382. The van der Waals surface area contributed by atoms with E-state index in [-0.39, 0.29) is 18.9 Å². The number of nitrogens with zero attached hydrogens (tertiary/aromatic N) is 1. The van der Waals surface area contributed by atoms with Crippen LogP contribution in [0.2, 0.25) is 0 Å². The van der Waals surface area contributed by atoms with Crippen LogP contribution in [0.1, 0.15) is 31.7 Å². The van der Waals surface area contributed by atoms with Crippen LogP contribution in [0.5, 0.6) is 0 Å². The summed E-state index contributed by atoms with van der Waals surface area (Å²) in [6.45, 7) is 4.26. The minimum atomic E-state index is -1.58. The van der Waals surface area contributed by atoms with Crippen molar-refractivity contribution >= 4 is 29.3 Å². The Labute approximate surface area is 145 Å². The van der Waals surface area contributed by atoms with Crippen molar-refractivity contribution in [1.29, 1.82) is 0 Å². The second-order valence-corrected chi connectivity index (χ2v) is 6.40. The maximum absolute atomic E-state index is 12.3. The Morgan fingerprint density at radius 1 is 1.20 bits per heavy atom. The predicted molar refractivity (Wildman–Crippen MR) is 91.3 cm³/mol. The van der Waals surface area contributed by atoms with Gasteiger partial charge in [-0.25, -0.2) is 0 Å². The topological polar surface area (TPSA) is 136 Å². The van der Waals surface area contributed by atoms with E-state index >= 15 is 0 Å². The smallest absolute Gasteiger partial charge is 0.249 e. The van der Waals surface area contributed by atoms with E-state index in [1.807, 2.05) is 18.2 Å². The Morgan fingerprint density at radius 3 is 2.40 bits per heavy atom. The number of primary amides is 2. The van der Waals surface area contributed by atoms with E-state index in [1.165, 1.54) is 4.90 Å². The molecule has 4 amide bonds. The molecule has 0 bridgehead atoms. The lowest BCUT2D eigenvalue weighted by atomic mass is 10.0. The molecule has 1 aliphatic rings. The molecule has 0 aromatic heterocycles. The van der Waals surface area contributed by atoms with Gasteiger partial charge in [-0.1, -0.05) is 26.0 Å². The van der Waals surface area contributed by atoms with Crippen molar-refractivity contribution in [3.05, 3.63) is 29.8 Å². The van der Waals surface area contributed by atoms with Crippen LogP contribution >= 0.6 is 0 Å². The van der Waals surface area contributed by atoms with Gasteiger partial charge in [-0.3, -0.25) is 19.2 Å². The average molecular weight is 346 g/mol. The standard InChI is InChI=1S/C17H22N4O4/c1-9(2)10-4-3-5-12(6-10)21-8-11(7-13(21)22)17(25)20-14(15(18)23)16(19)24/h3-6,9,11,14H,7-8H2,1-2H3,(H2,18,23)(H2,19,24)(H,20,25)/t11-/m1/s1. The number of nitrogens with two attached hydrogens (primary N) is 2. The average Bonchev–Trinajstić information content (AvgIpc) is 2.93. The molecule has 8 nitrogen and oxygen atoms in total. The fourth-order valence-electron chi connectivity index (χ4n) is 2.73. The molecule has 1 aromatic rings. The first-order valence-corrected chi connectivity index (χ1v) is 8.00. The molecule has 0 spiro atoms. The summed E-state index contributed by atoms with van der Waals surface area (Å²) in [5.41, 5.74) is 11.9. The minimum absolute atomic E-state index is 0.0119. The number of nitrogens with one attached hydrogen (secondary N) is 1. The van der Waals surface area contributed by atoms with Crippen molar-refractivity contribution in [3.8, 4) is 0 Å². The van der Waals surface area contributed by atoms with Crippen molar-refractivity contribution in [3.63, 3.8) is 0 Å². The highest BCUT2D eigenvalue weighted by Gasteiger charge is 2.37. The number of benzene rings is 1. The third kappa shape index (κ3) is 4.14. The molecule has 1 aromatic carbocycles. The number of amides is 4. The molecule has 0 radical (unpaired) electrons. The summed E-state index contributed by atoms with van der Waals surface area (Å²) < 4.78 is 0. The summed E-state index contributed by atoms with van der Waals surface area (Å²) >= 11 is 0. The zero-order valence-corrected chi connectivity index (χ0v) is 14.2. The van der Waals surface area contributed by atoms with Crippen molar-refractivity contribution in [2.45, 2.75) is 32.2 Å². The fraction of sp³-hybridized carbons (Fsp3) is 0.412. The molecule has 1 fully saturated rings. The third-order valence-electron chi connectivity index (χ3n) is 4.20. The van der Waals surface area contributed by atoms with Crippen LogP contribution in [-0.4, -0.2) is 36.2 Å². The van der Waals surface area contributed by atoms with E-state index in [0.717, 1.165) is 5.56 Å². The van der Waals surface area contributed by atoms with Gasteiger partial charge in [-0.15, -0.1) is 0 Å². The molecule has 1 saturated heterocycles. The molecule has 1 heterocycles. The van der Waals surface area contributed by atoms with Crippen LogP contribution in [-0.2, 0) is 19.2 Å². The maximum atomic E-state index is 12.3. The maximum Gasteiger partial charge on any atom is 0.249 e. The Balaban J connectivity index is 2.12. The number of hydrogen-bond donors (Lipinski definition) is 3. The SMILES string of the molecule is CC(C)c1cccc(N2C[C@H](C(=O)NC(C(N)=O)C(N)=O)CC2=O)c1. The van der Waals surface area contributed by atoms with Gasteiger partial charge in [0.15, 0.2) is 6.04 Å². The van der Waals surface area contributed by atoms with E-state index < -0.39 is 29.7 Å². The van der Waals surface area contributed by atoms with Gasteiger partial charge >= 0.3 is 0 Å². The van der Waals surface area contributed by atoms with Crippen molar-refractivity contribution in [1.82, 2.24) is 5.32 Å². The molecular formula is C17H22N4O4. The first kappa shape index (κ1) is 18.4. The monoisotopic (exact) mass is 346 g/mol. The highest BCUT2D eigenvalue weighted by molar-refractivity contribution is 6.07. The van der Waals surface area contributed by atoms with Crippen molar-refractivity contribution in [2.75, 3.05) is 11.4 Å². The summed E-state index contributed by atoms with van der Waals surface area (Å²) in [6.07, 6.45) is -0.0119. The van der Waals surface area contributed by atoms with Gasteiger partial charge in [-0.2, -0.15) is 0 Å². The molecule has 5 N–H and O–H groups in total. The Morgan fingerprint density at radius 2 is 1.84 bits per heavy atom. The molecule has 0 saturated carbocycles. The van der Waals surface area contributed by atoms with Crippen LogP contribution in [0.3, 0.4) is 0 Å². The highest BCUT2D eigenvalue weighted by Crippen LogP contribution is 2.28. The lowest BCUT2D eigenvalue weighted by Crippen LogP contribution is -2.54. The van der Waals surface area contributed by atoms with Crippen LogP contribution in [0.4, 0.5) is 5.69 Å². The Hall–Kier alpha value is -2.90. The van der Waals surface area contributed by atoms with E-state index in [1.54, 1.807) is 6.07 Å². The first-order valence-electron chi connectivity index (χ1n) is 8.00. The van der Waals surface area contributed by atoms with Gasteiger partial charge in [0.25, 0.3) is 0 Å². The second kappa shape index (κ2) is 7.33. The van der Waals surface area contributed by atoms with Crippen LogP contribution in [0.25, 0.3) is 0 Å². The zero-order valence-electron chi connectivity index (χ0n) is 14.2. The highest BCUT2D eigenvalue weighted by atomic mass is 16.2. The fourth-order valence-corrected chi connectivity index (χ4v) is 2.73. The van der Waals surface area contributed by atoms with Gasteiger partial charge in [0.05, 0.1) is 5.92 Å². The second-order valence-electron chi connectivity index (χ2n) is 6.40. The van der Waals surface area contributed by atoms with Gasteiger partial charge < -0.3 is 21.7 Å². The van der Waals surface area contributed by atoms with Gasteiger partial charge in [0, 0.05) is 18.7 Å². The molecule has 1 aliphatic heterocycles. The normalized spacial score (nSPS) is 17.2. The number of hydrogen-bond acceptors (Lipinski definition) is 4. The van der Waals surface area contributed by atoms with E-state index in [2.05, 4.69) is 19.2 Å². The summed E-state index contributed by atoms with van der Waals surface area (Å²) in [5, 5.41) is 2.21. The minimum Gasteiger partial charge on any atom is -0.367 e. The lowest BCUT2D eigenvalue weighted by Gasteiger charge is -2.19. The largest absolute Gasteiger partial charge is 0.367 e. The van der Waals surface area contributed by atoms with Gasteiger partial charge in [-0.05, 0) is 23.6 Å². The zero-order chi connectivity index (χ0) is 18.7. The molecule has 8 heteroatoms. The number of carbonyl (C=O) groups is 4. The Kier molecular flexibility index (Phi) is 5.41. The van der Waals surface area contributed by atoms with Crippen LogP contribution in [0.15, 0.2) is 24.3 Å². The quantitative estimate of drug-likeness (QED) is 0.605. The molecule has 0 aliphatic carbocycles. The first-order chi connectivity index (χ1) is 11.7. The van der Waals surface area contributed by atoms with E-state index in [9.17, 15) is 19.2 Å². The molecular weight excluding hydrogens is 324 g/mol. The van der Waals surface area contributed by atoms with Gasteiger partial charge in [0.1, 0.15) is 0 Å². The Bertz CT molecular complexity index is 702. The van der Waals surface area contributed by atoms with Crippen molar-refractivity contribution < 1.29 is 19.2 Å². The van der Waals surface area contributed by atoms with Crippen molar-refractivity contribution in [2.24, 2.45) is 17.4 Å². The molecule has 0 unspecified atom stereocenters. The summed E-state index contributed by atoms with van der Waals surface area (Å²) in [6, 6.07) is 5.98. The molecule has 134 valence electrons. The lowest BCUT2D eigenvalue weighted by molar-refractivity contribution is -0.135. The number of rotatable bonds is 6. The summed E-state index contributed by atoms with van der Waals surface area (Å²) in [4.78, 5) is 48.4. The van der Waals surface area contributed by atoms with E-state index in [4.69, 9.17) is 11.5 Å². The third-order valence-corrected chi connectivity index (χ3v) is 4.20. The number of carbonyl (C=O) groups excluding carboxylic acids is 4. The van der Waals surface area contributed by atoms with Gasteiger partial charge in [0.2, 0.25) is 23.6 Å². The van der Waals surface area contributed by atoms with Crippen LogP contribution in [0, 0.1) is 5.92 Å². The summed E-state index contributed by atoms with van der Waals surface area (Å²) in [7, 11) is 0. The molecule has 2 rings (SSSR count). The van der Waals surface area contributed by atoms with Crippen LogP contribution < -0.4 is 21.7 Å². The summed E-state index contributed by atoms with van der Waals surface area (Å²) in [5.74, 6) is -3.24. The number of anilines is 1. The molecule has 1 atom stereocenters.